The molecule has 2 aromatic carbocycles. The molecule has 2 aromatic rings. The van der Waals surface area contributed by atoms with Gasteiger partial charge in [0.15, 0.2) is 0 Å². The highest BCUT2D eigenvalue weighted by atomic mass is 16.5. The number of carbonyl (C=O) groups excluding carboxylic acids is 2. The van der Waals surface area contributed by atoms with Gasteiger partial charge in [-0.05, 0) is 50.2 Å². The Morgan fingerprint density at radius 2 is 1.26 bits per heavy atom. The molecule has 6 nitrogen and oxygen atoms in total. The summed E-state index contributed by atoms with van der Waals surface area (Å²) >= 11 is 0. The van der Waals surface area contributed by atoms with Gasteiger partial charge in [-0.2, -0.15) is 0 Å². The van der Waals surface area contributed by atoms with Gasteiger partial charge in [0.05, 0.1) is 25.2 Å². The van der Waals surface area contributed by atoms with Gasteiger partial charge in [0.1, 0.15) is 13.4 Å². The molecule has 0 saturated heterocycles. The molecule has 0 aliphatic heterocycles. The van der Waals surface area contributed by atoms with E-state index in [1.54, 1.807) is 7.11 Å². The summed E-state index contributed by atoms with van der Waals surface area (Å²) in [6.07, 6.45) is 3.79. The number of benzene rings is 2. The van der Waals surface area contributed by atoms with Crippen LogP contribution in [-0.4, -0.2) is 46.3 Å². The first-order chi connectivity index (χ1) is 18.8. The van der Waals surface area contributed by atoms with Crippen molar-refractivity contribution < 1.29 is 28.5 Å². The highest BCUT2D eigenvalue weighted by Gasteiger charge is 2.28. The van der Waals surface area contributed by atoms with E-state index in [9.17, 15) is 4.79 Å². The molecule has 0 radical (unpaired) electrons. The summed E-state index contributed by atoms with van der Waals surface area (Å²) in [6, 6.07) is 19.9. The van der Waals surface area contributed by atoms with Gasteiger partial charge >= 0.3 is 5.97 Å². The molecule has 0 unspecified atom stereocenters. The zero-order chi connectivity index (χ0) is 29.8. The average molecular weight is 547 g/mol. The summed E-state index contributed by atoms with van der Waals surface area (Å²) in [5.41, 5.74) is 1.77. The van der Waals surface area contributed by atoms with Crippen molar-refractivity contribution in [2.24, 2.45) is 11.3 Å². The van der Waals surface area contributed by atoms with Gasteiger partial charge in [-0.1, -0.05) is 94.8 Å². The number of rotatable bonds is 16. The van der Waals surface area contributed by atoms with Crippen LogP contribution in [0.3, 0.4) is 0 Å². The number of methoxy groups -OCH3 is 1. The summed E-state index contributed by atoms with van der Waals surface area (Å²) in [6.45, 7) is 18.1. The molecule has 0 aliphatic rings. The minimum absolute atomic E-state index is 0.138. The average Bonchev–Trinajstić information content (AvgIpc) is 2.96. The van der Waals surface area contributed by atoms with Gasteiger partial charge < -0.3 is 23.7 Å². The summed E-state index contributed by atoms with van der Waals surface area (Å²) in [5, 5.41) is 0. The lowest BCUT2D eigenvalue weighted by molar-refractivity contribution is -0.155. The molecule has 6 heteroatoms. The largest absolute Gasteiger partial charge is 0.460 e. The second-order valence-electron chi connectivity index (χ2n) is 9.73. The van der Waals surface area contributed by atoms with E-state index in [4.69, 9.17) is 23.7 Å². The van der Waals surface area contributed by atoms with Crippen LogP contribution < -0.4 is 0 Å². The zero-order valence-electron chi connectivity index (χ0n) is 25.6. The molecule has 0 aliphatic carbocycles. The zero-order valence-corrected chi connectivity index (χ0v) is 25.6. The Morgan fingerprint density at radius 1 is 0.769 bits per heavy atom. The van der Waals surface area contributed by atoms with E-state index in [0.29, 0.717) is 39.0 Å². The minimum Gasteiger partial charge on any atom is -0.460 e. The monoisotopic (exact) mass is 546 g/mol. The summed E-state index contributed by atoms with van der Waals surface area (Å²) in [4.78, 5) is 20.3. The Bertz CT molecular complexity index is 777. The van der Waals surface area contributed by atoms with Crippen molar-refractivity contribution in [3.05, 3.63) is 71.8 Å². The third kappa shape index (κ3) is 23.1. The molecule has 0 fully saturated rings. The predicted octanol–water partition coefficient (Wildman–Crippen LogP) is 7.68. The molecule has 39 heavy (non-hydrogen) atoms. The molecular weight excluding hydrogens is 492 g/mol. The van der Waals surface area contributed by atoms with Gasteiger partial charge in [0.2, 0.25) is 0 Å². The summed E-state index contributed by atoms with van der Waals surface area (Å²) in [5.74, 6) is 0.541. The molecule has 0 amide bonds. The molecule has 0 aromatic heterocycles. The first-order valence-electron chi connectivity index (χ1n) is 14.0. The van der Waals surface area contributed by atoms with Crippen LogP contribution >= 0.6 is 0 Å². The Balaban J connectivity index is 0. The normalized spacial score (nSPS) is 10.3. The van der Waals surface area contributed by atoms with Gasteiger partial charge in [-0.25, -0.2) is 0 Å². The van der Waals surface area contributed by atoms with E-state index in [-0.39, 0.29) is 5.97 Å². The van der Waals surface area contributed by atoms with Crippen LogP contribution in [0.25, 0.3) is 0 Å². The van der Waals surface area contributed by atoms with Crippen LogP contribution in [0.4, 0.5) is 0 Å². The van der Waals surface area contributed by atoms with Crippen LogP contribution in [0.15, 0.2) is 60.7 Å². The molecule has 2 rings (SSSR count). The molecular formula is C33H54O6. The second kappa shape index (κ2) is 27.0. The number of unbranched alkanes of at least 4 members (excludes halogenated alkanes) is 1. The van der Waals surface area contributed by atoms with Crippen molar-refractivity contribution >= 4 is 12.8 Å². The topological polar surface area (TPSA) is 71.1 Å². The van der Waals surface area contributed by atoms with Crippen LogP contribution in [-0.2, 0) is 41.8 Å². The smallest absolute Gasteiger partial charge is 0.311 e. The molecule has 0 spiro atoms. The first kappa shape index (κ1) is 38.6. The molecule has 0 saturated carbocycles. The van der Waals surface area contributed by atoms with Crippen LogP contribution in [0, 0.1) is 11.3 Å². The van der Waals surface area contributed by atoms with E-state index in [0.717, 1.165) is 37.9 Å². The standard InChI is InChI=1S/C22H36O4.C8H10O.C2H6.CH2O/c1-19(2)12-15-25-17-16-24-14-9-8-13-22(3,4)21(23)26-18-20-10-6-5-7-11-20;1-9-7-8-5-3-2-4-6-8;2*1-2/h5-7,10-11,19H,8-9,12-18H2,1-4H3;2-6H,7H2,1H3;1-2H3;1H2. The van der Waals surface area contributed by atoms with Crippen LogP contribution in [0.1, 0.15) is 78.4 Å². The lowest BCUT2D eigenvalue weighted by Crippen LogP contribution is -2.26. The maximum absolute atomic E-state index is 12.3. The lowest BCUT2D eigenvalue weighted by Gasteiger charge is -2.22. The SMILES string of the molecule is C=O.CC.CC(C)CCOCCOCCCCC(C)(C)C(=O)OCc1ccccc1.COCc1ccccc1. The number of esters is 1. The van der Waals surface area contributed by atoms with Gasteiger partial charge in [-0.15, -0.1) is 0 Å². The predicted molar refractivity (Wildman–Crippen MR) is 161 cm³/mol. The van der Waals surface area contributed by atoms with Gasteiger partial charge in [-0.3, -0.25) is 4.79 Å². The first-order valence-corrected chi connectivity index (χ1v) is 14.0. The maximum atomic E-state index is 12.3. The van der Waals surface area contributed by atoms with Crippen molar-refractivity contribution in [1.29, 1.82) is 0 Å². The molecule has 0 bridgehead atoms. The number of hydrogen-bond donors (Lipinski definition) is 0. The van der Waals surface area contributed by atoms with Crippen molar-refractivity contribution in [2.75, 3.05) is 33.5 Å². The second-order valence-corrected chi connectivity index (χ2v) is 9.73. The highest BCUT2D eigenvalue weighted by Crippen LogP contribution is 2.25. The highest BCUT2D eigenvalue weighted by molar-refractivity contribution is 5.75. The maximum Gasteiger partial charge on any atom is 0.311 e. The van der Waals surface area contributed by atoms with Crippen LogP contribution in [0.2, 0.25) is 0 Å². The number of hydrogen-bond acceptors (Lipinski definition) is 6. The Labute approximate surface area is 238 Å². The van der Waals surface area contributed by atoms with E-state index in [1.807, 2.05) is 95.1 Å². The summed E-state index contributed by atoms with van der Waals surface area (Å²) in [7, 11) is 1.70. The Morgan fingerprint density at radius 3 is 1.74 bits per heavy atom. The van der Waals surface area contributed by atoms with E-state index < -0.39 is 5.41 Å². The summed E-state index contributed by atoms with van der Waals surface area (Å²) < 4.78 is 21.5. The third-order valence-corrected chi connectivity index (χ3v) is 5.47. The molecule has 0 heterocycles. The van der Waals surface area contributed by atoms with Gasteiger partial charge in [0, 0.05) is 20.3 Å². The number of carbonyl (C=O) groups is 2. The van der Waals surface area contributed by atoms with Crippen molar-refractivity contribution in [3.63, 3.8) is 0 Å². The van der Waals surface area contributed by atoms with E-state index in [1.165, 1.54) is 5.56 Å². The Kier molecular flexibility index (Phi) is 26.8. The fourth-order valence-electron chi connectivity index (χ4n) is 3.17. The lowest BCUT2D eigenvalue weighted by atomic mass is 9.87. The fourth-order valence-corrected chi connectivity index (χ4v) is 3.17. The van der Waals surface area contributed by atoms with Crippen LogP contribution in [0.5, 0.6) is 0 Å². The minimum atomic E-state index is -0.464. The van der Waals surface area contributed by atoms with E-state index in [2.05, 4.69) is 13.8 Å². The number of ether oxygens (including phenoxy) is 4. The van der Waals surface area contributed by atoms with Gasteiger partial charge in [0.25, 0.3) is 0 Å². The van der Waals surface area contributed by atoms with Crippen molar-refractivity contribution in [2.45, 2.75) is 80.4 Å². The van der Waals surface area contributed by atoms with Crippen molar-refractivity contribution in [3.8, 4) is 0 Å². The third-order valence-electron chi connectivity index (χ3n) is 5.47. The fraction of sp³-hybridized carbons (Fsp3) is 0.576. The molecule has 0 atom stereocenters. The molecule has 222 valence electrons. The molecule has 0 N–H and O–H groups in total. The Hall–Kier alpha value is -2.54. The van der Waals surface area contributed by atoms with E-state index >= 15 is 0 Å². The van der Waals surface area contributed by atoms with Crippen molar-refractivity contribution in [1.82, 2.24) is 0 Å². The quantitative estimate of drug-likeness (QED) is 0.159.